The van der Waals surface area contributed by atoms with Gasteiger partial charge < -0.3 is 24.2 Å². The van der Waals surface area contributed by atoms with E-state index in [1.807, 2.05) is 24.4 Å². The normalized spacial score (nSPS) is 23.4. The van der Waals surface area contributed by atoms with Gasteiger partial charge in [-0.25, -0.2) is 13.4 Å². The fourth-order valence-corrected chi connectivity index (χ4v) is 6.74. The second-order valence-corrected chi connectivity index (χ2v) is 13.2. The van der Waals surface area contributed by atoms with Crippen molar-refractivity contribution < 1.29 is 17.9 Å². The van der Waals surface area contributed by atoms with Gasteiger partial charge in [-0.1, -0.05) is 6.42 Å². The Morgan fingerprint density at radius 2 is 1.62 bits per heavy atom. The number of anilines is 2. The average Bonchev–Trinajstić information content (AvgIpc) is 3.28. The number of likely N-dealkylation sites (tertiary alicyclic amines) is 1. The fourth-order valence-electron chi connectivity index (χ4n) is 6.11. The molecule has 4 heterocycles. The van der Waals surface area contributed by atoms with Crippen molar-refractivity contribution in [2.75, 3.05) is 55.5 Å². The first-order chi connectivity index (χ1) is 17.9. The van der Waals surface area contributed by atoms with E-state index < -0.39 is 9.84 Å². The second kappa shape index (κ2) is 10.1. The minimum absolute atomic E-state index is 0.156. The molecule has 0 unspecified atom stereocenters. The van der Waals surface area contributed by atoms with E-state index in [4.69, 9.17) is 9.47 Å². The quantitative estimate of drug-likeness (QED) is 0.564. The number of hydrogen-bond acceptors (Lipinski definition) is 8. The van der Waals surface area contributed by atoms with Crippen LogP contribution in [0, 0.1) is 0 Å². The number of ether oxygens (including phenoxy) is 2. The van der Waals surface area contributed by atoms with Crippen LogP contribution in [0.3, 0.4) is 0 Å². The molecule has 4 fully saturated rings. The Kier molecular flexibility index (Phi) is 6.79. The van der Waals surface area contributed by atoms with Gasteiger partial charge in [0.05, 0.1) is 22.4 Å². The molecule has 0 N–H and O–H groups in total. The van der Waals surface area contributed by atoms with Crippen molar-refractivity contribution in [2.45, 2.75) is 67.6 Å². The molecule has 1 aromatic carbocycles. The van der Waals surface area contributed by atoms with Crippen LogP contribution in [0.25, 0.3) is 0 Å². The largest absolute Gasteiger partial charge is 0.474 e. The van der Waals surface area contributed by atoms with Gasteiger partial charge in [-0.3, -0.25) is 0 Å². The van der Waals surface area contributed by atoms with Crippen LogP contribution in [0.5, 0.6) is 5.88 Å². The summed E-state index contributed by atoms with van der Waals surface area (Å²) in [6.45, 7) is 5.49. The zero-order valence-electron chi connectivity index (χ0n) is 21.7. The topological polar surface area (TPSA) is 75.2 Å². The molecule has 3 aliphatic heterocycles. The predicted molar refractivity (Wildman–Crippen MR) is 144 cm³/mol. The van der Waals surface area contributed by atoms with E-state index in [2.05, 4.69) is 25.8 Å². The van der Waals surface area contributed by atoms with E-state index in [9.17, 15) is 8.42 Å². The molecule has 200 valence electrons. The summed E-state index contributed by atoms with van der Waals surface area (Å²) in [4.78, 5) is 12.2. The van der Waals surface area contributed by atoms with Gasteiger partial charge in [0.1, 0.15) is 12.8 Å². The highest BCUT2D eigenvalue weighted by molar-refractivity contribution is 7.90. The smallest absolute Gasteiger partial charge is 0.213 e. The highest BCUT2D eigenvalue weighted by Crippen LogP contribution is 2.36. The number of rotatable bonds is 6. The molecule has 37 heavy (non-hydrogen) atoms. The monoisotopic (exact) mass is 526 g/mol. The molecule has 1 aromatic heterocycles. The number of sulfone groups is 1. The molecule has 0 bridgehead atoms. The lowest BCUT2D eigenvalue weighted by Crippen LogP contribution is -2.47. The summed E-state index contributed by atoms with van der Waals surface area (Å²) in [5.74, 6) is 0.732. The Morgan fingerprint density at radius 3 is 2.22 bits per heavy atom. The third-order valence-electron chi connectivity index (χ3n) is 8.75. The van der Waals surface area contributed by atoms with Crippen molar-refractivity contribution in [2.24, 2.45) is 0 Å². The Balaban J connectivity index is 0.987. The number of aromatic nitrogens is 1. The van der Waals surface area contributed by atoms with Crippen molar-refractivity contribution in [3.63, 3.8) is 0 Å². The van der Waals surface area contributed by atoms with Crippen molar-refractivity contribution in [1.29, 1.82) is 0 Å². The van der Waals surface area contributed by atoms with Gasteiger partial charge >= 0.3 is 0 Å². The summed E-state index contributed by atoms with van der Waals surface area (Å²) in [7, 11) is -3.19. The molecule has 0 radical (unpaired) electrons. The highest BCUT2D eigenvalue weighted by Gasteiger charge is 2.42. The lowest BCUT2D eigenvalue weighted by atomic mass is 9.90. The fraction of sp³-hybridized carbons (Fsp3) is 0.607. The van der Waals surface area contributed by atoms with Gasteiger partial charge in [0.15, 0.2) is 9.84 Å². The van der Waals surface area contributed by atoms with Gasteiger partial charge in [0, 0.05) is 56.8 Å². The molecule has 1 saturated carbocycles. The highest BCUT2D eigenvalue weighted by atomic mass is 32.2. The van der Waals surface area contributed by atoms with Gasteiger partial charge in [0.2, 0.25) is 5.88 Å². The molecule has 8 nitrogen and oxygen atoms in total. The van der Waals surface area contributed by atoms with Crippen LogP contribution in [0.15, 0.2) is 47.5 Å². The molecular weight excluding hydrogens is 488 g/mol. The van der Waals surface area contributed by atoms with Crippen molar-refractivity contribution in [3.05, 3.63) is 42.6 Å². The van der Waals surface area contributed by atoms with Crippen LogP contribution < -0.4 is 14.5 Å². The third kappa shape index (κ3) is 5.45. The molecule has 0 atom stereocenters. The first-order valence-corrected chi connectivity index (χ1v) is 15.6. The van der Waals surface area contributed by atoms with Crippen molar-refractivity contribution in [3.8, 4) is 5.88 Å². The maximum Gasteiger partial charge on any atom is 0.213 e. The second-order valence-electron chi connectivity index (χ2n) is 11.2. The molecule has 9 heteroatoms. The molecule has 3 saturated heterocycles. The van der Waals surface area contributed by atoms with Crippen LogP contribution in [-0.2, 0) is 14.6 Å². The maximum atomic E-state index is 11.8. The van der Waals surface area contributed by atoms with E-state index in [1.54, 1.807) is 12.1 Å². The summed E-state index contributed by atoms with van der Waals surface area (Å²) in [5.41, 5.74) is 1.98. The number of hydrogen-bond donors (Lipinski definition) is 0. The lowest BCUT2D eigenvalue weighted by molar-refractivity contribution is -0.00681. The molecule has 2 aromatic rings. The van der Waals surface area contributed by atoms with Crippen LogP contribution in [0.1, 0.15) is 44.9 Å². The first kappa shape index (κ1) is 24.9. The molecule has 1 aliphatic carbocycles. The van der Waals surface area contributed by atoms with Gasteiger partial charge in [-0.05, 0) is 68.9 Å². The summed E-state index contributed by atoms with van der Waals surface area (Å²) < 4.78 is 36.0. The predicted octanol–water partition coefficient (Wildman–Crippen LogP) is 3.71. The van der Waals surface area contributed by atoms with Crippen molar-refractivity contribution >= 4 is 21.2 Å². The average molecular weight is 527 g/mol. The van der Waals surface area contributed by atoms with Crippen molar-refractivity contribution in [1.82, 2.24) is 9.88 Å². The van der Waals surface area contributed by atoms with Crippen LogP contribution in [-0.4, -0.2) is 81.8 Å². The summed E-state index contributed by atoms with van der Waals surface area (Å²) in [6, 6.07) is 12.1. The van der Waals surface area contributed by atoms with E-state index in [1.165, 1.54) is 25.5 Å². The number of nitrogens with zero attached hydrogens (tertiary/aromatic N) is 4. The summed E-state index contributed by atoms with van der Waals surface area (Å²) in [5, 5.41) is 0. The molecule has 0 amide bonds. The van der Waals surface area contributed by atoms with Gasteiger partial charge in [-0.15, -0.1) is 0 Å². The standard InChI is InChI=1S/C28H38N4O4S/c1-37(33,34)26-8-5-23(6-9-26)32-20-28(35-21-32)13-17-31(18-14-28)24-7-10-27(29-19-24)36-25-11-15-30(16-12-25)22-3-2-4-22/h5-10,19,22,25H,2-4,11-18,20-21H2,1H3. The number of pyridine rings is 1. The Morgan fingerprint density at radius 1 is 0.919 bits per heavy atom. The van der Waals surface area contributed by atoms with E-state index in [-0.39, 0.29) is 11.7 Å². The maximum absolute atomic E-state index is 11.8. The van der Waals surface area contributed by atoms with Crippen LogP contribution >= 0.6 is 0 Å². The third-order valence-corrected chi connectivity index (χ3v) is 9.88. The summed E-state index contributed by atoms with van der Waals surface area (Å²) in [6.07, 6.45) is 11.7. The SMILES string of the molecule is CS(=O)(=O)c1ccc(N2COC3(CCN(c4ccc(OC5CCN(C6CCC6)CC5)nc4)CC3)C2)cc1. The molecule has 6 rings (SSSR count). The van der Waals surface area contributed by atoms with E-state index in [0.29, 0.717) is 11.6 Å². The minimum Gasteiger partial charge on any atom is -0.474 e. The van der Waals surface area contributed by atoms with E-state index >= 15 is 0 Å². The Hall–Kier alpha value is -2.36. The summed E-state index contributed by atoms with van der Waals surface area (Å²) >= 11 is 0. The van der Waals surface area contributed by atoms with Gasteiger partial charge in [-0.2, -0.15) is 0 Å². The zero-order chi connectivity index (χ0) is 25.5. The number of piperidine rings is 2. The van der Waals surface area contributed by atoms with Crippen LogP contribution in [0.4, 0.5) is 11.4 Å². The van der Waals surface area contributed by atoms with Crippen LogP contribution in [0.2, 0.25) is 0 Å². The zero-order valence-corrected chi connectivity index (χ0v) is 22.5. The van der Waals surface area contributed by atoms with Gasteiger partial charge in [0.25, 0.3) is 0 Å². The number of benzene rings is 1. The Bertz CT molecular complexity index is 1170. The first-order valence-electron chi connectivity index (χ1n) is 13.7. The lowest BCUT2D eigenvalue weighted by Gasteiger charge is -2.41. The molecule has 4 aliphatic rings. The molecule has 1 spiro atoms. The Labute approximate surface area is 220 Å². The molecular formula is C28H38N4O4S. The minimum atomic E-state index is -3.19. The van der Waals surface area contributed by atoms with E-state index in [0.717, 1.165) is 81.7 Å².